The van der Waals surface area contributed by atoms with Gasteiger partial charge in [-0.2, -0.15) is 0 Å². The predicted octanol–water partition coefficient (Wildman–Crippen LogP) is 4.00. The van der Waals surface area contributed by atoms with Gasteiger partial charge in [0.25, 0.3) is 0 Å². The molecule has 0 bridgehead atoms. The fourth-order valence-corrected chi connectivity index (χ4v) is 5.44. The largest absolute Gasteiger partial charge is 0.351 e. The molecule has 5 heteroatoms. The lowest BCUT2D eigenvalue weighted by atomic mass is 10.1. The second-order valence-electron chi connectivity index (χ2n) is 9.84. The summed E-state index contributed by atoms with van der Waals surface area (Å²) in [7, 11) is 0. The van der Waals surface area contributed by atoms with Crippen molar-refractivity contribution < 1.29 is 4.79 Å². The van der Waals surface area contributed by atoms with E-state index in [0.29, 0.717) is 12.6 Å². The number of nitrogens with one attached hydrogen (secondary N) is 2. The van der Waals surface area contributed by atoms with Gasteiger partial charge in [0.15, 0.2) is 0 Å². The van der Waals surface area contributed by atoms with Gasteiger partial charge in [-0.1, -0.05) is 72.3 Å². The molecule has 5 rings (SSSR count). The number of carbonyl (C=O) groups excluding carboxylic acids is 1. The van der Waals surface area contributed by atoms with E-state index in [1.54, 1.807) is 6.20 Å². The van der Waals surface area contributed by atoms with E-state index < -0.39 is 0 Å². The van der Waals surface area contributed by atoms with Crippen molar-refractivity contribution in [1.82, 2.24) is 20.5 Å². The fourth-order valence-electron chi connectivity index (χ4n) is 5.44. The summed E-state index contributed by atoms with van der Waals surface area (Å²) in [5.41, 5.74) is 6.38. The van der Waals surface area contributed by atoms with Crippen molar-refractivity contribution in [2.75, 3.05) is 13.1 Å². The van der Waals surface area contributed by atoms with Crippen LogP contribution in [0.4, 0.5) is 0 Å². The Morgan fingerprint density at radius 2 is 1.77 bits per heavy atom. The summed E-state index contributed by atoms with van der Waals surface area (Å²) in [5.74, 6) is 0.116. The van der Waals surface area contributed by atoms with Gasteiger partial charge < -0.3 is 10.6 Å². The van der Waals surface area contributed by atoms with E-state index in [-0.39, 0.29) is 18.0 Å². The molecule has 1 aromatic heterocycles. The smallest absolute Gasteiger partial charge is 0.237 e. The highest BCUT2D eigenvalue weighted by Crippen LogP contribution is 2.31. The second kappa shape index (κ2) is 11.0. The van der Waals surface area contributed by atoms with Gasteiger partial charge in [0.1, 0.15) is 0 Å². The number of amides is 1. The van der Waals surface area contributed by atoms with Gasteiger partial charge >= 0.3 is 0 Å². The van der Waals surface area contributed by atoms with Crippen LogP contribution in [0.1, 0.15) is 35.6 Å². The number of aromatic nitrogens is 1. The quantitative estimate of drug-likeness (QED) is 0.527. The molecule has 2 atom stereocenters. The summed E-state index contributed by atoms with van der Waals surface area (Å²) in [6, 6.07) is 23.6. The molecule has 0 saturated carbocycles. The van der Waals surface area contributed by atoms with Crippen LogP contribution in [-0.2, 0) is 24.2 Å². The molecule has 2 aromatic carbocycles. The Bertz CT molecular complexity index is 1140. The molecule has 35 heavy (non-hydrogen) atoms. The molecule has 3 aromatic rings. The zero-order valence-electron chi connectivity index (χ0n) is 20.4. The summed E-state index contributed by atoms with van der Waals surface area (Å²) in [4.78, 5) is 20.0. The number of carbonyl (C=O) groups is 1. The summed E-state index contributed by atoms with van der Waals surface area (Å²) >= 11 is 0. The van der Waals surface area contributed by atoms with Gasteiger partial charge in [-0.25, -0.2) is 0 Å². The fraction of sp³-hybridized carbons (Fsp3) is 0.333. The van der Waals surface area contributed by atoms with E-state index in [1.807, 2.05) is 24.4 Å². The monoisotopic (exact) mass is 466 g/mol. The Hall–Kier alpha value is -3.28. The predicted molar refractivity (Wildman–Crippen MR) is 141 cm³/mol. The van der Waals surface area contributed by atoms with E-state index in [0.717, 1.165) is 37.9 Å². The molecule has 1 saturated heterocycles. The summed E-state index contributed by atoms with van der Waals surface area (Å²) in [6.07, 6.45) is 8.65. The van der Waals surface area contributed by atoms with Crippen LogP contribution in [-0.4, -0.2) is 47.0 Å². The van der Waals surface area contributed by atoms with Crippen LogP contribution in [0.25, 0.3) is 6.08 Å². The van der Waals surface area contributed by atoms with E-state index in [2.05, 4.69) is 82.0 Å². The SMILES string of the molecule is C/C(=C\c1ccccc1)CN[C@H]1C[C@@H](C(=O)NCc2cccnc2)N(C2Cc3ccccc3C2)C1. The van der Waals surface area contributed by atoms with Gasteiger partial charge in [0.05, 0.1) is 6.04 Å². The maximum Gasteiger partial charge on any atom is 0.237 e. The Morgan fingerprint density at radius 3 is 2.49 bits per heavy atom. The normalized spacial score (nSPS) is 20.7. The standard InChI is InChI=1S/C30H34N4O/c1-22(14-23-8-3-2-4-9-23)18-32-27-17-29(30(35)33-20-24-10-7-13-31-19-24)34(21-27)28-15-25-11-5-6-12-26(25)16-28/h2-14,19,27-29,32H,15-18,20-21H2,1H3,(H,33,35)/b22-14+/t27-,29-/m0/s1. The molecule has 0 spiro atoms. The average Bonchev–Trinajstić information content (AvgIpc) is 3.52. The van der Waals surface area contributed by atoms with Crippen molar-refractivity contribution in [2.45, 2.75) is 50.9 Å². The number of hydrogen-bond acceptors (Lipinski definition) is 4. The zero-order valence-corrected chi connectivity index (χ0v) is 20.4. The summed E-state index contributed by atoms with van der Waals surface area (Å²) in [6.45, 7) is 4.39. The molecular weight excluding hydrogens is 432 g/mol. The van der Waals surface area contributed by atoms with Gasteiger partial charge in [0, 0.05) is 44.1 Å². The number of fused-ring (bicyclic) bond motifs is 1. The number of nitrogens with zero attached hydrogens (tertiary/aromatic N) is 2. The lowest BCUT2D eigenvalue weighted by molar-refractivity contribution is -0.126. The Labute approximate surface area is 208 Å². The summed E-state index contributed by atoms with van der Waals surface area (Å²) in [5, 5.41) is 6.91. The van der Waals surface area contributed by atoms with E-state index >= 15 is 0 Å². The van der Waals surface area contributed by atoms with Crippen LogP contribution >= 0.6 is 0 Å². The first-order valence-corrected chi connectivity index (χ1v) is 12.6. The molecule has 0 radical (unpaired) electrons. The third-order valence-electron chi connectivity index (χ3n) is 7.21. The molecule has 2 aliphatic rings. The summed E-state index contributed by atoms with van der Waals surface area (Å²) < 4.78 is 0. The number of hydrogen-bond donors (Lipinski definition) is 2. The van der Waals surface area contributed by atoms with Crippen LogP contribution in [0.2, 0.25) is 0 Å². The highest BCUT2D eigenvalue weighted by atomic mass is 16.2. The van der Waals surface area contributed by atoms with Crippen molar-refractivity contribution in [3.05, 3.63) is 107 Å². The topological polar surface area (TPSA) is 57.3 Å². The Kier molecular flexibility index (Phi) is 7.36. The minimum absolute atomic E-state index is 0.116. The van der Waals surface area contributed by atoms with Crippen LogP contribution in [0, 0.1) is 0 Å². The number of likely N-dealkylation sites (tertiary alicyclic amines) is 1. The maximum absolute atomic E-state index is 13.4. The second-order valence-corrected chi connectivity index (χ2v) is 9.84. The van der Waals surface area contributed by atoms with Gasteiger partial charge in [-0.05, 0) is 54.5 Å². The van der Waals surface area contributed by atoms with Crippen molar-refractivity contribution >= 4 is 12.0 Å². The Balaban J connectivity index is 1.25. The van der Waals surface area contributed by atoms with Crippen molar-refractivity contribution in [2.24, 2.45) is 0 Å². The van der Waals surface area contributed by atoms with Gasteiger partial charge in [-0.15, -0.1) is 0 Å². The molecule has 1 fully saturated rings. The number of pyridine rings is 1. The molecule has 2 N–H and O–H groups in total. The van der Waals surface area contributed by atoms with Crippen molar-refractivity contribution in [3.8, 4) is 0 Å². The minimum Gasteiger partial charge on any atom is -0.351 e. The molecule has 1 aliphatic heterocycles. The highest BCUT2D eigenvalue weighted by Gasteiger charge is 2.41. The Morgan fingerprint density at radius 1 is 1.03 bits per heavy atom. The first-order valence-electron chi connectivity index (χ1n) is 12.6. The van der Waals surface area contributed by atoms with E-state index in [9.17, 15) is 4.79 Å². The lowest BCUT2D eigenvalue weighted by Crippen LogP contribution is -2.48. The van der Waals surface area contributed by atoms with E-state index in [4.69, 9.17) is 0 Å². The minimum atomic E-state index is -0.123. The average molecular weight is 467 g/mol. The zero-order chi connectivity index (χ0) is 24.0. The molecule has 5 nitrogen and oxygen atoms in total. The van der Waals surface area contributed by atoms with Crippen molar-refractivity contribution in [3.63, 3.8) is 0 Å². The molecule has 2 heterocycles. The first kappa shape index (κ1) is 23.5. The number of rotatable bonds is 8. The molecule has 0 unspecified atom stereocenters. The van der Waals surface area contributed by atoms with Crippen LogP contribution in [0.5, 0.6) is 0 Å². The third kappa shape index (κ3) is 5.87. The molecule has 1 amide bonds. The van der Waals surface area contributed by atoms with Crippen LogP contribution in [0.3, 0.4) is 0 Å². The van der Waals surface area contributed by atoms with Crippen LogP contribution in [0.15, 0.2) is 84.7 Å². The molecule has 180 valence electrons. The van der Waals surface area contributed by atoms with Crippen LogP contribution < -0.4 is 10.6 Å². The highest BCUT2D eigenvalue weighted by molar-refractivity contribution is 5.82. The lowest BCUT2D eigenvalue weighted by Gasteiger charge is -2.29. The number of benzene rings is 2. The van der Waals surface area contributed by atoms with E-state index in [1.165, 1.54) is 22.3 Å². The first-order chi connectivity index (χ1) is 17.2. The third-order valence-corrected chi connectivity index (χ3v) is 7.21. The van der Waals surface area contributed by atoms with Crippen molar-refractivity contribution in [1.29, 1.82) is 0 Å². The van der Waals surface area contributed by atoms with Gasteiger partial charge in [-0.3, -0.25) is 14.7 Å². The molecular formula is C30H34N4O. The maximum atomic E-state index is 13.4. The van der Waals surface area contributed by atoms with Gasteiger partial charge in [0.2, 0.25) is 5.91 Å². The molecule has 1 aliphatic carbocycles.